The Kier molecular flexibility index (Phi) is 11.8. The van der Waals surface area contributed by atoms with Gasteiger partial charge in [-0.05, 0) is 88.4 Å². The van der Waals surface area contributed by atoms with Crippen LogP contribution in [0.3, 0.4) is 0 Å². The molecule has 4 aromatic heterocycles. The minimum absolute atomic E-state index is 0.271. The third kappa shape index (κ3) is 8.35. The number of rotatable bonds is 6. The number of carbonyl (C=O) groups is 2. The van der Waals surface area contributed by atoms with Crippen molar-refractivity contribution in [2.45, 2.75) is 59.4 Å². The monoisotopic (exact) mass is 812 g/mol. The van der Waals surface area contributed by atoms with Gasteiger partial charge < -0.3 is 9.47 Å². The summed E-state index contributed by atoms with van der Waals surface area (Å²) in [5.41, 5.74) is 13.5. The van der Waals surface area contributed by atoms with Crippen molar-refractivity contribution in [2.24, 2.45) is 9.98 Å². The lowest BCUT2D eigenvalue weighted by Gasteiger charge is -2.12. The number of terminal acetylenes is 1. The van der Waals surface area contributed by atoms with Gasteiger partial charge in [0, 0.05) is 34.6 Å². The van der Waals surface area contributed by atoms with E-state index < -0.39 is 20.0 Å². The zero-order valence-electron chi connectivity index (χ0n) is 34.6. The highest BCUT2D eigenvalue weighted by atomic mass is 28.3. The van der Waals surface area contributed by atoms with Gasteiger partial charge in [-0.3, -0.25) is 29.1 Å². The van der Waals surface area contributed by atoms with Gasteiger partial charge in [-0.2, -0.15) is 0 Å². The third-order valence-corrected chi connectivity index (χ3v) is 10.4. The molecule has 0 amide bonds. The Balaban J connectivity index is 0.000000183. The Morgan fingerprint density at radius 1 is 0.683 bits per heavy atom. The molecule has 2 aromatic carbocycles. The Morgan fingerprint density at radius 3 is 1.57 bits per heavy atom. The first-order valence-electron chi connectivity index (χ1n) is 19.7. The van der Waals surface area contributed by atoms with E-state index in [2.05, 4.69) is 63.0 Å². The molecule has 6 aromatic rings. The number of benzene rings is 2. The molecule has 0 radical (unpaired) electrons. The van der Waals surface area contributed by atoms with Crippen molar-refractivity contribution < 1.29 is 19.1 Å². The van der Waals surface area contributed by atoms with Crippen LogP contribution < -0.4 is 0 Å². The molecule has 8 rings (SSSR count). The number of aliphatic imine (C=N–C) groups is 2. The van der Waals surface area contributed by atoms with Gasteiger partial charge >= 0.3 is 11.9 Å². The van der Waals surface area contributed by atoms with Crippen LogP contribution in [0.25, 0.3) is 11.4 Å². The number of imidazole rings is 2. The fourth-order valence-electron chi connectivity index (χ4n) is 6.97. The van der Waals surface area contributed by atoms with Gasteiger partial charge in [-0.1, -0.05) is 43.6 Å². The maximum atomic E-state index is 12.6. The van der Waals surface area contributed by atoms with Crippen molar-refractivity contribution in [2.75, 3.05) is 13.2 Å². The predicted molar refractivity (Wildman–Crippen MR) is 234 cm³/mol. The molecule has 300 valence electrons. The second-order valence-corrected chi connectivity index (χ2v) is 19.7. The molecule has 2 aliphatic heterocycles. The van der Waals surface area contributed by atoms with Crippen molar-refractivity contribution in [1.82, 2.24) is 29.1 Å². The Labute approximate surface area is 350 Å². The molecule has 60 heavy (non-hydrogen) atoms. The molecule has 0 saturated carbocycles. The van der Waals surface area contributed by atoms with E-state index >= 15 is 0 Å². The summed E-state index contributed by atoms with van der Waals surface area (Å²) in [5.74, 6) is 5.11. The second kappa shape index (κ2) is 17.3. The van der Waals surface area contributed by atoms with E-state index in [0.717, 1.165) is 56.4 Å². The number of hydrogen-bond donors (Lipinski definition) is 0. The molecule has 0 saturated heterocycles. The molecule has 2 atom stereocenters. The maximum absolute atomic E-state index is 12.6. The van der Waals surface area contributed by atoms with Gasteiger partial charge in [0.15, 0.2) is 11.4 Å². The topological polar surface area (TPSA) is 139 Å². The molecule has 2 aliphatic rings. The molecule has 0 unspecified atom stereocenters. The number of aromatic nitrogens is 6. The number of ether oxygens (including phenoxy) is 2. The molecular formula is C47H44N8O4Si. The summed E-state index contributed by atoms with van der Waals surface area (Å²) in [6.07, 6.45) is 12.4. The normalized spacial score (nSPS) is 14.9. The summed E-state index contributed by atoms with van der Waals surface area (Å²) in [6.45, 7) is 14.7. The highest BCUT2D eigenvalue weighted by Crippen LogP contribution is 2.34. The standard InChI is InChI=1S/C25H26N4O2Si.C22H18N4O2/c1-6-31-25(30)23-24-17(2)28-22(20-9-7-8-13-26-20)19-15-18(12-14-32(3,4)5)10-11-21(19)29(24)16-27-23;1-4-15-9-10-18-16(12-15)19(17-8-6-7-11-23-17)25-14(3)21-20(22(27)28-5-2)24-13-26(18)21/h7-11,13,15-17H,6H2,1-5H3;1,6-14H,5H2,2-3H3/t17-;14-/m00/s1. The van der Waals surface area contributed by atoms with Crippen molar-refractivity contribution in [3.8, 4) is 35.2 Å². The number of esters is 2. The van der Waals surface area contributed by atoms with E-state index in [-0.39, 0.29) is 31.0 Å². The van der Waals surface area contributed by atoms with Crippen molar-refractivity contribution in [3.63, 3.8) is 0 Å². The van der Waals surface area contributed by atoms with E-state index in [4.69, 9.17) is 25.9 Å². The van der Waals surface area contributed by atoms with Gasteiger partial charge in [0.2, 0.25) is 0 Å². The molecule has 0 spiro atoms. The van der Waals surface area contributed by atoms with Crippen LogP contribution in [-0.4, -0.2) is 73.7 Å². The first kappa shape index (κ1) is 41.0. The maximum Gasteiger partial charge on any atom is 0.358 e. The minimum atomic E-state index is -1.52. The van der Waals surface area contributed by atoms with Crippen LogP contribution in [0.1, 0.15) is 106 Å². The van der Waals surface area contributed by atoms with Crippen LogP contribution in [0.5, 0.6) is 0 Å². The number of fused-ring (bicyclic) bond motifs is 6. The first-order chi connectivity index (χ1) is 28.9. The highest BCUT2D eigenvalue weighted by molar-refractivity contribution is 6.83. The molecule has 13 heteroatoms. The average molecular weight is 813 g/mol. The fourth-order valence-corrected chi connectivity index (χ4v) is 7.49. The summed E-state index contributed by atoms with van der Waals surface area (Å²) in [7, 11) is -1.52. The van der Waals surface area contributed by atoms with E-state index in [0.29, 0.717) is 17.1 Å². The van der Waals surface area contributed by atoms with Crippen molar-refractivity contribution in [1.29, 1.82) is 0 Å². The summed E-state index contributed by atoms with van der Waals surface area (Å²) >= 11 is 0. The lowest BCUT2D eigenvalue weighted by atomic mass is 10.0. The number of hydrogen-bond acceptors (Lipinski definition) is 10. The molecule has 0 aliphatic carbocycles. The van der Waals surface area contributed by atoms with E-state index in [1.165, 1.54) is 0 Å². The quantitative estimate of drug-likeness (QED) is 0.0940. The van der Waals surface area contributed by atoms with Crippen LogP contribution in [0, 0.1) is 23.8 Å². The minimum Gasteiger partial charge on any atom is -0.461 e. The van der Waals surface area contributed by atoms with E-state index in [1.54, 1.807) is 38.9 Å². The summed E-state index contributed by atoms with van der Waals surface area (Å²) in [6, 6.07) is 22.6. The van der Waals surface area contributed by atoms with Crippen LogP contribution in [0.2, 0.25) is 19.6 Å². The van der Waals surface area contributed by atoms with E-state index in [1.807, 2.05) is 89.7 Å². The summed E-state index contributed by atoms with van der Waals surface area (Å²) in [4.78, 5) is 52.6. The van der Waals surface area contributed by atoms with Crippen LogP contribution >= 0.6 is 0 Å². The SMILES string of the molecule is C#Cc1ccc2c(c1)C(c1ccccn1)=N[C@@H](C)c1c(C(=O)OCC)ncn1-2.CCOC(=O)c1ncn2c1[C@H](C)N=C(c1ccccn1)c1cc(C#C[Si](C)(C)C)ccc1-2. The smallest absolute Gasteiger partial charge is 0.358 e. The van der Waals surface area contributed by atoms with Crippen molar-refractivity contribution in [3.05, 3.63) is 154 Å². The molecule has 0 N–H and O–H groups in total. The van der Waals surface area contributed by atoms with Gasteiger partial charge in [-0.25, -0.2) is 19.6 Å². The summed E-state index contributed by atoms with van der Waals surface area (Å²) in [5, 5.41) is 0. The Morgan fingerprint density at radius 2 is 1.15 bits per heavy atom. The predicted octanol–water partition coefficient (Wildman–Crippen LogP) is 7.92. The second-order valence-electron chi connectivity index (χ2n) is 15.0. The first-order valence-corrected chi connectivity index (χ1v) is 23.2. The average Bonchev–Trinajstić information content (AvgIpc) is 3.85. The highest BCUT2D eigenvalue weighted by Gasteiger charge is 2.31. The number of carbonyl (C=O) groups excluding carboxylic acids is 2. The van der Waals surface area contributed by atoms with Gasteiger partial charge in [0.25, 0.3) is 0 Å². The van der Waals surface area contributed by atoms with Gasteiger partial charge in [0.05, 0.1) is 70.9 Å². The molecule has 6 heterocycles. The summed E-state index contributed by atoms with van der Waals surface area (Å²) < 4.78 is 14.2. The van der Waals surface area contributed by atoms with Gasteiger partial charge in [-0.15, -0.1) is 12.0 Å². The van der Waals surface area contributed by atoms with Crippen LogP contribution in [-0.2, 0) is 9.47 Å². The Bertz CT molecular complexity index is 2760. The lowest BCUT2D eigenvalue weighted by Crippen LogP contribution is -2.16. The molecular weight excluding hydrogens is 769 g/mol. The lowest BCUT2D eigenvalue weighted by molar-refractivity contribution is 0.0508. The Hall–Kier alpha value is -7.22. The van der Waals surface area contributed by atoms with E-state index in [9.17, 15) is 9.59 Å². The van der Waals surface area contributed by atoms with Crippen molar-refractivity contribution >= 4 is 31.4 Å². The number of pyridine rings is 2. The largest absolute Gasteiger partial charge is 0.461 e. The molecule has 0 fully saturated rings. The van der Waals surface area contributed by atoms with Gasteiger partial charge in [0.1, 0.15) is 20.7 Å². The molecule has 12 nitrogen and oxygen atoms in total. The van der Waals surface area contributed by atoms with Crippen LogP contribution in [0.4, 0.5) is 0 Å². The third-order valence-electron chi connectivity index (χ3n) is 9.57. The van der Waals surface area contributed by atoms with Crippen LogP contribution in [0.15, 0.2) is 108 Å². The number of nitrogens with zero attached hydrogens (tertiary/aromatic N) is 8. The fraction of sp³-hybridized carbons (Fsp3) is 0.234. The molecule has 0 bridgehead atoms. The zero-order valence-corrected chi connectivity index (χ0v) is 35.6. The zero-order chi connectivity index (χ0) is 42.6.